The van der Waals surface area contributed by atoms with Gasteiger partial charge in [0.2, 0.25) is 0 Å². The SMILES string of the molecule is Cc1ccc(C(=O)Nc2ccc(N3CCCC3)cc2C(=O)O)cc1. The van der Waals surface area contributed by atoms with Crippen molar-refractivity contribution in [2.45, 2.75) is 19.8 Å². The molecular weight excluding hydrogens is 304 g/mol. The molecule has 124 valence electrons. The van der Waals surface area contributed by atoms with Crippen LogP contribution in [0.1, 0.15) is 39.1 Å². The lowest BCUT2D eigenvalue weighted by atomic mass is 10.1. The van der Waals surface area contributed by atoms with Crippen LogP contribution in [0, 0.1) is 6.92 Å². The molecule has 3 rings (SSSR count). The Morgan fingerprint density at radius 1 is 1.04 bits per heavy atom. The van der Waals surface area contributed by atoms with E-state index < -0.39 is 5.97 Å². The molecule has 5 nitrogen and oxygen atoms in total. The summed E-state index contributed by atoms with van der Waals surface area (Å²) in [7, 11) is 0. The number of hydrogen-bond acceptors (Lipinski definition) is 3. The average molecular weight is 324 g/mol. The van der Waals surface area contributed by atoms with Crippen LogP contribution < -0.4 is 10.2 Å². The number of benzene rings is 2. The lowest BCUT2D eigenvalue weighted by molar-refractivity contribution is 0.0698. The quantitative estimate of drug-likeness (QED) is 0.902. The Labute approximate surface area is 140 Å². The second-order valence-electron chi connectivity index (χ2n) is 6.05. The highest BCUT2D eigenvalue weighted by Crippen LogP contribution is 2.26. The summed E-state index contributed by atoms with van der Waals surface area (Å²) in [4.78, 5) is 26.1. The van der Waals surface area contributed by atoms with Crippen LogP contribution in [0.4, 0.5) is 11.4 Å². The molecule has 1 fully saturated rings. The maximum atomic E-state index is 12.3. The zero-order chi connectivity index (χ0) is 17.1. The number of anilines is 2. The van der Waals surface area contributed by atoms with Crippen LogP contribution in [-0.2, 0) is 0 Å². The Morgan fingerprint density at radius 3 is 2.33 bits per heavy atom. The van der Waals surface area contributed by atoms with Crippen LogP contribution in [-0.4, -0.2) is 30.1 Å². The summed E-state index contributed by atoms with van der Waals surface area (Å²) < 4.78 is 0. The normalized spacial score (nSPS) is 13.8. The van der Waals surface area contributed by atoms with Crippen molar-refractivity contribution < 1.29 is 14.7 Å². The Balaban J connectivity index is 1.85. The fraction of sp³-hybridized carbons (Fsp3) is 0.263. The van der Waals surface area contributed by atoms with Crippen molar-refractivity contribution >= 4 is 23.3 Å². The molecule has 1 saturated heterocycles. The van der Waals surface area contributed by atoms with E-state index in [1.54, 1.807) is 24.3 Å². The second kappa shape index (κ2) is 6.74. The maximum absolute atomic E-state index is 12.3. The lowest BCUT2D eigenvalue weighted by Crippen LogP contribution is -2.19. The van der Waals surface area contributed by atoms with Gasteiger partial charge >= 0.3 is 5.97 Å². The van der Waals surface area contributed by atoms with E-state index >= 15 is 0 Å². The van der Waals surface area contributed by atoms with E-state index in [-0.39, 0.29) is 11.5 Å². The Kier molecular flexibility index (Phi) is 4.51. The predicted molar refractivity (Wildman–Crippen MR) is 94.0 cm³/mol. The van der Waals surface area contributed by atoms with Crippen LogP contribution in [0.3, 0.4) is 0 Å². The molecule has 2 aromatic carbocycles. The number of hydrogen-bond donors (Lipinski definition) is 2. The van der Waals surface area contributed by atoms with Gasteiger partial charge in [0.25, 0.3) is 5.91 Å². The van der Waals surface area contributed by atoms with E-state index in [0.717, 1.165) is 37.2 Å². The average Bonchev–Trinajstić information content (AvgIpc) is 3.10. The van der Waals surface area contributed by atoms with Crippen molar-refractivity contribution in [2.24, 2.45) is 0 Å². The molecule has 0 aromatic heterocycles. The molecule has 0 atom stereocenters. The molecule has 0 bridgehead atoms. The van der Waals surface area contributed by atoms with E-state index in [0.29, 0.717) is 11.3 Å². The van der Waals surface area contributed by atoms with Gasteiger partial charge in [-0.15, -0.1) is 0 Å². The molecule has 1 aliphatic rings. The number of aromatic carboxylic acids is 1. The summed E-state index contributed by atoms with van der Waals surface area (Å²) in [6.07, 6.45) is 2.24. The first-order valence-corrected chi connectivity index (χ1v) is 8.05. The molecule has 1 aliphatic heterocycles. The first-order chi connectivity index (χ1) is 11.5. The number of rotatable bonds is 4. The Bertz CT molecular complexity index is 763. The van der Waals surface area contributed by atoms with Crippen LogP contribution in [0.2, 0.25) is 0 Å². The largest absolute Gasteiger partial charge is 0.478 e. The summed E-state index contributed by atoms with van der Waals surface area (Å²) in [6.45, 7) is 3.82. The molecule has 1 amide bonds. The summed E-state index contributed by atoms with van der Waals surface area (Å²) in [5.41, 5.74) is 2.88. The number of nitrogens with one attached hydrogen (secondary N) is 1. The molecule has 2 N–H and O–H groups in total. The molecule has 0 radical (unpaired) electrons. The van der Waals surface area contributed by atoms with Crippen LogP contribution in [0.15, 0.2) is 42.5 Å². The third kappa shape index (κ3) is 3.40. The van der Waals surface area contributed by atoms with Gasteiger partial charge in [-0.2, -0.15) is 0 Å². The third-order valence-corrected chi connectivity index (χ3v) is 4.27. The molecule has 24 heavy (non-hydrogen) atoms. The smallest absolute Gasteiger partial charge is 0.337 e. The standard InChI is InChI=1S/C19H20N2O3/c1-13-4-6-14(7-5-13)18(22)20-17-9-8-15(12-16(17)19(23)24)21-10-2-3-11-21/h4-9,12H,2-3,10-11H2,1H3,(H,20,22)(H,23,24). The number of carboxylic acid groups (broad SMARTS) is 1. The maximum Gasteiger partial charge on any atom is 0.337 e. The van der Waals surface area contributed by atoms with E-state index in [9.17, 15) is 14.7 Å². The van der Waals surface area contributed by atoms with Gasteiger partial charge < -0.3 is 15.3 Å². The first-order valence-electron chi connectivity index (χ1n) is 8.05. The predicted octanol–water partition coefficient (Wildman–Crippen LogP) is 3.55. The molecule has 1 heterocycles. The van der Waals surface area contributed by atoms with Gasteiger partial charge in [0, 0.05) is 24.3 Å². The molecular formula is C19H20N2O3. The molecule has 0 aliphatic carbocycles. The van der Waals surface area contributed by atoms with Crippen molar-refractivity contribution in [1.29, 1.82) is 0 Å². The second-order valence-corrected chi connectivity index (χ2v) is 6.05. The fourth-order valence-corrected chi connectivity index (χ4v) is 2.89. The van der Waals surface area contributed by atoms with Crippen molar-refractivity contribution in [2.75, 3.05) is 23.3 Å². The minimum atomic E-state index is -1.05. The van der Waals surface area contributed by atoms with Gasteiger partial charge in [0.1, 0.15) is 0 Å². The van der Waals surface area contributed by atoms with Crippen molar-refractivity contribution in [3.05, 3.63) is 59.2 Å². The number of carbonyl (C=O) groups is 2. The Hall–Kier alpha value is -2.82. The van der Waals surface area contributed by atoms with Crippen LogP contribution >= 0.6 is 0 Å². The topological polar surface area (TPSA) is 69.6 Å². The number of aryl methyl sites for hydroxylation is 1. The van der Waals surface area contributed by atoms with Crippen molar-refractivity contribution in [3.63, 3.8) is 0 Å². The minimum absolute atomic E-state index is 0.111. The highest BCUT2D eigenvalue weighted by Gasteiger charge is 2.18. The van der Waals surface area contributed by atoms with Crippen molar-refractivity contribution in [1.82, 2.24) is 0 Å². The minimum Gasteiger partial charge on any atom is -0.478 e. The number of nitrogens with zero attached hydrogens (tertiary/aromatic N) is 1. The summed E-state index contributed by atoms with van der Waals surface area (Å²) in [5, 5.41) is 12.2. The van der Waals surface area contributed by atoms with Gasteiger partial charge in [-0.25, -0.2) is 4.79 Å². The van der Waals surface area contributed by atoms with E-state index in [2.05, 4.69) is 10.2 Å². The molecule has 0 saturated carbocycles. The van der Waals surface area contributed by atoms with Gasteiger partial charge in [0.05, 0.1) is 11.3 Å². The van der Waals surface area contributed by atoms with Gasteiger partial charge in [-0.1, -0.05) is 17.7 Å². The fourth-order valence-electron chi connectivity index (χ4n) is 2.89. The molecule has 0 unspecified atom stereocenters. The Morgan fingerprint density at radius 2 is 1.71 bits per heavy atom. The van der Waals surface area contributed by atoms with Gasteiger partial charge in [-0.05, 0) is 50.1 Å². The monoisotopic (exact) mass is 324 g/mol. The van der Waals surface area contributed by atoms with Crippen LogP contribution in [0.5, 0.6) is 0 Å². The van der Waals surface area contributed by atoms with Gasteiger partial charge in [-0.3, -0.25) is 4.79 Å². The summed E-state index contributed by atoms with van der Waals surface area (Å²) >= 11 is 0. The van der Waals surface area contributed by atoms with Gasteiger partial charge in [0.15, 0.2) is 0 Å². The van der Waals surface area contributed by atoms with E-state index in [1.165, 1.54) is 0 Å². The van der Waals surface area contributed by atoms with Crippen molar-refractivity contribution in [3.8, 4) is 0 Å². The molecule has 2 aromatic rings. The summed E-state index contributed by atoms with van der Waals surface area (Å²) in [6, 6.07) is 12.3. The zero-order valence-electron chi connectivity index (χ0n) is 13.6. The van der Waals surface area contributed by atoms with E-state index in [1.807, 2.05) is 25.1 Å². The third-order valence-electron chi connectivity index (χ3n) is 4.27. The number of amides is 1. The molecule has 5 heteroatoms. The number of carboxylic acids is 1. The zero-order valence-corrected chi connectivity index (χ0v) is 13.6. The lowest BCUT2D eigenvalue weighted by Gasteiger charge is -2.19. The number of carbonyl (C=O) groups excluding carboxylic acids is 1. The summed E-state index contributed by atoms with van der Waals surface area (Å²) in [5.74, 6) is -1.36. The highest BCUT2D eigenvalue weighted by molar-refractivity contribution is 6.08. The molecule has 0 spiro atoms. The van der Waals surface area contributed by atoms with Crippen LogP contribution in [0.25, 0.3) is 0 Å². The highest BCUT2D eigenvalue weighted by atomic mass is 16.4. The first kappa shape index (κ1) is 16.1. The van der Waals surface area contributed by atoms with E-state index in [4.69, 9.17) is 0 Å².